The van der Waals surface area contributed by atoms with Crippen LogP contribution in [0.25, 0.3) is 0 Å². The van der Waals surface area contributed by atoms with Gasteiger partial charge in [0.25, 0.3) is 0 Å². The van der Waals surface area contributed by atoms with Gasteiger partial charge in [-0.25, -0.2) is 0 Å². The van der Waals surface area contributed by atoms with Gasteiger partial charge in [-0.1, -0.05) is 23.7 Å². The standard InChI is InChI=1S/C12H13ClF5NO/c13-10-4-1-3-9(7-10)8-19-5-2-6-20-12(17,18)11(14,15)16/h1,3-4,7,19H,2,5-6,8H2. The van der Waals surface area contributed by atoms with Crippen molar-refractivity contribution in [2.45, 2.75) is 25.3 Å². The third kappa shape index (κ3) is 5.60. The molecular formula is C12H13ClF5NO. The first-order chi connectivity index (χ1) is 9.22. The first-order valence-corrected chi connectivity index (χ1v) is 6.14. The lowest BCUT2D eigenvalue weighted by Crippen LogP contribution is -2.39. The maximum atomic E-state index is 12.4. The van der Waals surface area contributed by atoms with E-state index in [1.54, 1.807) is 18.2 Å². The van der Waals surface area contributed by atoms with E-state index in [-0.39, 0.29) is 13.0 Å². The number of benzene rings is 1. The Labute approximate surface area is 117 Å². The first kappa shape index (κ1) is 17.1. The van der Waals surface area contributed by atoms with E-state index in [4.69, 9.17) is 11.6 Å². The molecule has 0 spiro atoms. The summed E-state index contributed by atoms with van der Waals surface area (Å²) >= 11 is 5.76. The molecule has 20 heavy (non-hydrogen) atoms. The Bertz CT molecular complexity index is 425. The van der Waals surface area contributed by atoms with E-state index in [0.717, 1.165) is 5.56 Å². The quantitative estimate of drug-likeness (QED) is 0.606. The van der Waals surface area contributed by atoms with E-state index >= 15 is 0 Å². The summed E-state index contributed by atoms with van der Waals surface area (Å²) in [6, 6.07) is 7.00. The van der Waals surface area contributed by atoms with Gasteiger partial charge in [0.15, 0.2) is 0 Å². The highest BCUT2D eigenvalue weighted by Crippen LogP contribution is 2.36. The Kier molecular flexibility index (Phi) is 6.16. The molecule has 0 aliphatic rings. The van der Waals surface area contributed by atoms with E-state index in [1.807, 2.05) is 6.07 Å². The molecule has 0 saturated carbocycles. The predicted octanol–water partition coefficient (Wildman–Crippen LogP) is 3.99. The normalized spacial score (nSPS) is 12.7. The SMILES string of the molecule is FC(F)(F)C(F)(F)OCCCNCc1cccc(Cl)c1. The third-order valence-corrected chi connectivity index (χ3v) is 2.56. The second-order valence-electron chi connectivity index (χ2n) is 4.02. The maximum Gasteiger partial charge on any atom is 0.482 e. The van der Waals surface area contributed by atoms with Gasteiger partial charge in [0.2, 0.25) is 0 Å². The van der Waals surface area contributed by atoms with Crippen LogP contribution in [0.15, 0.2) is 24.3 Å². The Morgan fingerprint density at radius 2 is 1.85 bits per heavy atom. The lowest BCUT2D eigenvalue weighted by atomic mass is 10.2. The van der Waals surface area contributed by atoms with Crippen LogP contribution in [-0.4, -0.2) is 25.4 Å². The van der Waals surface area contributed by atoms with Crippen LogP contribution in [0.2, 0.25) is 5.02 Å². The molecule has 0 aliphatic carbocycles. The fourth-order valence-electron chi connectivity index (χ4n) is 1.36. The molecule has 0 amide bonds. The Hall–Kier alpha value is -0.920. The first-order valence-electron chi connectivity index (χ1n) is 5.76. The fraction of sp³-hybridized carbons (Fsp3) is 0.500. The van der Waals surface area contributed by atoms with Gasteiger partial charge in [-0.3, -0.25) is 0 Å². The van der Waals surface area contributed by atoms with E-state index < -0.39 is 18.9 Å². The summed E-state index contributed by atoms with van der Waals surface area (Å²) in [5.74, 6) is 0. The molecule has 0 unspecified atom stereocenters. The van der Waals surface area contributed by atoms with Crippen molar-refractivity contribution in [1.82, 2.24) is 5.32 Å². The topological polar surface area (TPSA) is 21.3 Å². The minimum atomic E-state index is -5.68. The average Bonchev–Trinajstić information content (AvgIpc) is 2.32. The molecule has 0 aromatic heterocycles. The molecule has 2 nitrogen and oxygen atoms in total. The molecule has 0 fully saturated rings. The molecule has 0 heterocycles. The zero-order valence-electron chi connectivity index (χ0n) is 10.3. The molecule has 1 rings (SSSR count). The summed E-state index contributed by atoms with van der Waals surface area (Å²) < 4.78 is 63.6. The van der Waals surface area contributed by atoms with E-state index in [0.29, 0.717) is 11.6 Å². The lowest BCUT2D eigenvalue weighted by Gasteiger charge is -2.19. The highest BCUT2D eigenvalue weighted by atomic mass is 35.5. The Balaban J connectivity index is 2.17. The van der Waals surface area contributed by atoms with Crippen LogP contribution in [0.5, 0.6) is 0 Å². The summed E-state index contributed by atoms with van der Waals surface area (Å²) in [6.07, 6.45) is -10.7. The van der Waals surface area contributed by atoms with Crippen molar-refractivity contribution >= 4 is 11.6 Å². The molecule has 1 aromatic carbocycles. The van der Waals surface area contributed by atoms with Gasteiger partial charge in [0.1, 0.15) is 0 Å². The van der Waals surface area contributed by atoms with Crippen LogP contribution in [0, 0.1) is 0 Å². The minimum absolute atomic E-state index is 0.0340. The Morgan fingerprint density at radius 1 is 1.15 bits per heavy atom. The van der Waals surface area contributed by atoms with Gasteiger partial charge in [-0.2, -0.15) is 22.0 Å². The highest BCUT2D eigenvalue weighted by molar-refractivity contribution is 6.30. The second-order valence-corrected chi connectivity index (χ2v) is 4.46. The largest absolute Gasteiger partial charge is 0.482 e. The van der Waals surface area contributed by atoms with Crippen LogP contribution < -0.4 is 5.32 Å². The molecule has 1 aromatic rings. The zero-order chi connectivity index (χ0) is 15.2. The summed E-state index contributed by atoms with van der Waals surface area (Å²) in [5, 5.41) is 3.46. The summed E-state index contributed by atoms with van der Waals surface area (Å²) in [5.41, 5.74) is 0.888. The van der Waals surface area contributed by atoms with Gasteiger partial charge >= 0.3 is 12.3 Å². The van der Waals surface area contributed by atoms with Crippen molar-refractivity contribution in [2.24, 2.45) is 0 Å². The van der Waals surface area contributed by atoms with Crippen LogP contribution in [0.4, 0.5) is 22.0 Å². The van der Waals surface area contributed by atoms with Crippen LogP contribution in [0.3, 0.4) is 0 Å². The van der Waals surface area contributed by atoms with Gasteiger partial charge in [0.05, 0.1) is 6.61 Å². The maximum absolute atomic E-state index is 12.4. The minimum Gasteiger partial charge on any atom is -0.313 e. The Morgan fingerprint density at radius 3 is 2.45 bits per heavy atom. The number of rotatable bonds is 7. The molecular weight excluding hydrogens is 305 g/mol. The van der Waals surface area contributed by atoms with Crippen molar-refractivity contribution in [2.75, 3.05) is 13.2 Å². The molecule has 0 aliphatic heterocycles. The molecule has 114 valence electrons. The second kappa shape index (κ2) is 7.19. The van der Waals surface area contributed by atoms with Crippen LogP contribution >= 0.6 is 11.6 Å². The smallest absolute Gasteiger partial charge is 0.313 e. The number of halogens is 6. The van der Waals surface area contributed by atoms with Crippen molar-refractivity contribution in [1.29, 1.82) is 0 Å². The highest BCUT2D eigenvalue weighted by Gasteiger charge is 2.59. The molecule has 0 radical (unpaired) electrons. The summed E-state index contributed by atoms with van der Waals surface area (Å²) in [4.78, 5) is 0. The number of nitrogens with one attached hydrogen (secondary N) is 1. The van der Waals surface area contributed by atoms with Crippen molar-refractivity contribution in [3.8, 4) is 0 Å². The third-order valence-electron chi connectivity index (χ3n) is 2.33. The molecule has 0 bridgehead atoms. The molecule has 0 saturated heterocycles. The van der Waals surface area contributed by atoms with Gasteiger partial charge in [-0.15, -0.1) is 0 Å². The zero-order valence-corrected chi connectivity index (χ0v) is 11.1. The number of ether oxygens (including phenoxy) is 1. The van der Waals surface area contributed by atoms with Crippen molar-refractivity contribution in [3.05, 3.63) is 34.9 Å². The number of hydrogen-bond acceptors (Lipinski definition) is 2. The molecule has 0 atom stereocenters. The fourth-order valence-corrected chi connectivity index (χ4v) is 1.57. The lowest BCUT2D eigenvalue weighted by molar-refractivity contribution is -0.391. The predicted molar refractivity (Wildman–Crippen MR) is 64.7 cm³/mol. The van der Waals surface area contributed by atoms with Gasteiger partial charge < -0.3 is 10.1 Å². The number of hydrogen-bond donors (Lipinski definition) is 1. The van der Waals surface area contributed by atoms with Crippen LogP contribution in [0.1, 0.15) is 12.0 Å². The van der Waals surface area contributed by atoms with Crippen molar-refractivity contribution in [3.63, 3.8) is 0 Å². The van der Waals surface area contributed by atoms with Gasteiger partial charge in [0, 0.05) is 11.6 Å². The van der Waals surface area contributed by atoms with E-state index in [2.05, 4.69) is 10.1 Å². The monoisotopic (exact) mass is 317 g/mol. The summed E-state index contributed by atoms with van der Waals surface area (Å²) in [7, 11) is 0. The van der Waals surface area contributed by atoms with Crippen molar-refractivity contribution < 1.29 is 26.7 Å². The van der Waals surface area contributed by atoms with E-state index in [9.17, 15) is 22.0 Å². The number of alkyl halides is 5. The van der Waals surface area contributed by atoms with Crippen LogP contribution in [-0.2, 0) is 11.3 Å². The summed E-state index contributed by atoms with van der Waals surface area (Å²) in [6.45, 7) is 0.00568. The average molecular weight is 318 g/mol. The van der Waals surface area contributed by atoms with E-state index in [1.165, 1.54) is 0 Å². The van der Waals surface area contributed by atoms with Gasteiger partial charge in [-0.05, 0) is 30.7 Å². The molecule has 8 heteroatoms. The molecule has 1 N–H and O–H groups in total.